The molecule has 1 aliphatic carbocycles. The van der Waals surface area contributed by atoms with E-state index in [4.69, 9.17) is 5.73 Å². The highest BCUT2D eigenvalue weighted by Crippen LogP contribution is 2.34. The van der Waals surface area contributed by atoms with Gasteiger partial charge in [-0.1, -0.05) is 6.07 Å². The number of carbonyl (C=O) groups excluding carboxylic acids is 2. The predicted octanol–water partition coefficient (Wildman–Crippen LogP) is 2.49. The highest BCUT2D eigenvalue weighted by Gasteiger charge is 2.30. The molecule has 1 aromatic rings. The Morgan fingerprint density at radius 1 is 1.03 bits per heavy atom. The summed E-state index contributed by atoms with van der Waals surface area (Å²) in [7, 11) is 0. The molecule has 2 saturated heterocycles. The summed E-state index contributed by atoms with van der Waals surface area (Å²) in [6.45, 7) is 2.03. The first-order valence-electron chi connectivity index (χ1n) is 10.9. The first-order valence-corrected chi connectivity index (χ1v) is 10.9. The number of nitrogens with one attached hydrogen (secondary N) is 2. The monoisotopic (exact) mass is 402 g/mol. The Balaban J connectivity index is 1.33. The molecule has 0 bridgehead atoms. The number of imide groups is 1. The molecule has 6 nitrogen and oxygen atoms in total. The molecule has 3 aliphatic rings. The maximum atomic E-state index is 14.8. The van der Waals surface area contributed by atoms with Crippen LogP contribution in [0.5, 0.6) is 0 Å². The van der Waals surface area contributed by atoms with E-state index in [1.54, 1.807) is 0 Å². The molecule has 1 aromatic carbocycles. The van der Waals surface area contributed by atoms with Gasteiger partial charge in [-0.15, -0.1) is 0 Å². The van der Waals surface area contributed by atoms with Crippen LogP contribution in [0.15, 0.2) is 18.2 Å². The van der Waals surface area contributed by atoms with E-state index in [0.29, 0.717) is 30.6 Å². The quantitative estimate of drug-likeness (QED) is 0.674. The van der Waals surface area contributed by atoms with Gasteiger partial charge >= 0.3 is 0 Å². The van der Waals surface area contributed by atoms with E-state index in [-0.39, 0.29) is 23.5 Å². The van der Waals surface area contributed by atoms with Crippen LogP contribution in [0.1, 0.15) is 62.8 Å². The third-order valence-electron chi connectivity index (χ3n) is 6.81. The van der Waals surface area contributed by atoms with E-state index in [0.717, 1.165) is 44.3 Å². The Hall–Kier alpha value is -1.99. The number of nitrogens with two attached hydrogens (primary N) is 1. The van der Waals surface area contributed by atoms with Crippen molar-refractivity contribution < 1.29 is 14.0 Å². The summed E-state index contributed by atoms with van der Waals surface area (Å²) in [6.07, 6.45) is 7.26. The normalized spacial score (nSPS) is 29.5. The second-order valence-corrected chi connectivity index (χ2v) is 8.76. The number of likely N-dealkylation sites (tertiary alicyclic amines) is 1. The van der Waals surface area contributed by atoms with Crippen LogP contribution in [-0.4, -0.2) is 47.9 Å². The number of amides is 2. The minimum absolute atomic E-state index is 0.218. The van der Waals surface area contributed by atoms with Crippen LogP contribution in [0.25, 0.3) is 0 Å². The first-order chi connectivity index (χ1) is 14.0. The third-order valence-corrected chi connectivity index (χ3v) is 6.81. The Morgan fingerprint density at radius 3 is 2.41 bits per heavy atom. The van der Waals surface area contributed by atoms with Crippen molar-refractivity contribution in [1.82, 2.24) is 10.2 Å². The molecule has 29 heavy (non-hydrogen) atoms. The van der Waals surface area contributed by atoms with E-state index in [2.05, 4.69) is 15.5 Å². The van der Waals surface area contributed by atoms with Gasteiger partial charge in [0.25, 0.3) is 0 Å². The second kappa shape index (κ2) is 8.79. The van der Waals surface area contributed by atoms with Crippen molar-refractivity contribution in [3.8, 4) is 0 Å². The minimum Gasteiger partial charge on any atom is -0.374 e. The van der Waals surface area contributed by atoms with Crippen molar-refractivity contribution in [3.63, 3.8) is 0 Å². The molecule has 1 unspecified atom stereocenters. The van der Waals surface area contributed by atoms with Crippen LogP contribution in [0.2, 0.25) is 0 Å². The fourth-order valence-corrected chi connectivity index (χ4v) is 5.02. The fraction of sp³-hybridized carbons (Fsp3) is 0.636. The molecule has 1 atom stereocenters. The molecule has 158 valence electrons. The highest BCUT2D eigenvalue weighted by molar-refractivity contribution is 6.01. The Kier molecular flexibility index (Phi) is 6.15. The largest absolute Gasteiger partial charge is 0.374 e. The number of piperidine rings is 2. The maximum absolute atomic E-state index is 14.8. The first kappa shape index (κ1) is 20.3. The van der Waals surface area contributed by atoms with E-state index < -0.39 is 6.04 Å². The standard InChI is InChI=1S/C22H31FN4O2/c23-19-13-16(25-20-7-8-21(28)26-22(20)29)3-6-18(19)14-9-11-27(12-10-14)17-4-1-15(24)2-5-17/h3,6,13-15,17,20,25H,1-2,4-5,7-12,24H2,(H,26,28,29)/t15-,17-,20?. The van der Waals surface area contributed by atoms with E-state index in [1.807, 2.05) is 12.1 Å². The summed E-state index contributed by atoms with van der Waals surface area (Å²) in [6, 6.07) is 5.68. The SMILES string of the molecule is N[C@H]1CC[C@H](N2CCC(c3ccc(NC4CCC(=O)NC4=O)cc3F)CC2)CC1. The van der Waals surface area contributed by atoms with Crippen molar-refractivity contribution in [2.24, 2.45) is 5.73 Å². The number of nitrogens with zero attached hydrogens (tertiary/aromatic N) is 1. The zero-order chi connectivity index (χ0) is 20.4. The van der Waals surface area contributed by atoms with Crippen LogP contribution >= 0.6 is 0 Å². The molecule has 1 saturated carbocycles. The van der Waals surface area contributed by atoms with Crippen molar-refractivity contribution >= 4 is 17.5 Å². The van der Waals surface area contributed by atoms with Gasteiger partial charge in [-0.3, -0.25) is 14.9 Å². The topological polar surface area (TPSA) is 87.5 Å². The van der Waals surface area contributed by atoms with E-state index in [1.165, 1.54) is 18.9 Å². The van der Waals surface area contributed by atoms with Crippen LogP contribution in [0.4, 0.5) is 10.1 Å². The maximum Gasteiger partial charge on any atom is 0.249 e. The zero-order valence-electron chi connectivity index (χ0n) is 16.8. The van der Waals surface area contributed by atoms with Crippen molar-refractivity contribution in [2.45, 2.75) is 75.4 Å². The fourth-order valence-electron chi connectivity index (χ4n) is 5.02. The highest BCUT2D eigenvalue weighted by atomic mass is 19.1. The van der Waals surface area contributed by atoms with Gasteiger partial charge in [0, 0.05) is 24.2 Å². The lowest BCUT2D eigenvalue weighted by atomic mass is 9.85. The van der Waals surface area contributed by atoms with Crippen LogP contribution in [0, 0.1) is 5.82 Å². The summed E-state index contributed by atoms with van der Waals surface area (Å²) >= 11 is 0. The van der Waals surface area contributed by atoms with Gasteiger partial charge in [0.2, 0.25) is 11.8 Å². The smallest absolute Gasteiger partial charge is 0.249 e. The molecule has 3 fully saturated rings. The average Bonchev–Trinajstić information content (AvgIpc) is 2.71. The minimum atomic E-state index is -0.496. The van der Waals surface area contributed by atoms with Gasteiger partial charge in [0.1, 0.15) is 11.9 Å². The Bertz CT molecular complexity index is 755. The molecule has 2 amide bonds. The second-order valence-electron chi connectivity index (χ2n) is 8.76. The van der Waals surface area contributed by atoms with Gasteiger partial charge in [0.05, 0.1) is 0 Å². The van der Waals surface area contributed by atoms with Crippen LogP contribution in [-0.2, 0) is 9.59 Å². The summed E-state index contributed by atoms with van der Waals surface area (Å²) in [4.78, 5) is 25.7. The summed E-state index contributed by atoms with van der Waals surface area (Å²) in [5.74, 6) is -0.579. The average molecular weight is 403 g/mol. The van der Waals surface area contributed by atoms with Crippen LogP contribution < -0.4 is 16.4 Å². The number of hydrogen-bond acceptors (Lipinski definition) is 5. The number of anilines is 1. The molecular weight excluding hydrogens is 371 g/mol. The lowest BCUT2D eigenvalue weighted by Gasteiger charge is -2.40. The molecule has 0 aromatic heterocycles. The number of benzene rings is 1. The zero-order valence-corrected chi connectivity index (χ0v) is 16.8. The van der Waals surface area contributed by atoms with Gasteiger partial charge < -0.3 is 16.0 Å². The molecule has 4 N–H and O–H groups in total. The van der Waals surface area contributed by atoms with E-state index in [9.17, 15) is 14.0 Å². The summed E-state index contributed by atoms with van der Waals surface area (Å²) in [5, 5.41) is 5.37. The molecule has 0 radical (unpaired) electrons. The van der Waals surface area contributed by atoms with Crippen molar-refractivity contribution in [2.75, 3.05) is 18.4 Å². The van der Waals surface area contributed by atoms with Gasteiger partial charge in [-0.05, 0) is 81.6 Å². The predicted molar refractivity (Wildman–Crippen MR) is 110 cm³/mol. The number of hydrogen-bond donors (Lipinski definition) is 3. The summed E-state index contributed by atoms with van der Waals surface area (Å²) < 4.78 is 14.8. The summed E-state index contributed by atoms with van der Waals surface area (Å²) in [5.41, 5.74) is 7.37. The van der Waals surface area contributed by atoms with Crippen LogP contribution in [0.3, 0.4) is 0 Å². The molecular formula is C22H31FN4O2. The van der Waals surface area contributed by atoms with Gasteiger partial charge in [0.15, 0.2) is 0 Å². The number of carbonyl (C=O) groups is 2. The molecule has 4 rings (SSSR count). The Labute approximate surface area is 171 Å². The number of rotatable bonds is 4. The van der Waals surface area contributed by atoms with Crippen molar-refractivity contribution in [3.05, 3.63) is 29.6 Å². The molecule has 0 spiro atoms. The lowest BCUT2D eigenvalue weighted by Crippen LogP contribution is -2.47. The van der Waals surface area contributed by atoms with E-state index >= 15 is 0 Å². The molecule has 2 aliphatic heterocycles. The molecule has 2 heterocycles. The third kappa shape index (κ3) is 4.78. The lowest BCUT2D eigenvalue weighted by molar-refractivity contribution is -0.133. The van der Waals surface area contributed by atoms with Crippen molar-refractivity contribution in [1.29, 1.82) is 0 Å². The molecule has 7 heteroatoms. The number of halogens is 1. The van der Waals surface area contributed by atoms with Gasteiger partial charge in [-0.2, -0.15) is 0 Å². The Morgan fingerprint density at radius 2 is 1.76 bits per heavy atom. The van der Waals surface area contributed by atoms with Gasteiger partial charge in [-0.25, -0.2) is 4.39 Å².